The number of hydrogen-bond acceptors (Lipinski definition) is 4. The minimum atomic E-state index is -1.74. The van der Waals surface area contributed by atoms with Crippen LogP contribution in [0.15, 0.2) is 30.3 Å². The van der Waals surface area contributed by atoms with Crippen LogP contribution in [0.1, 0.15) is 25.3 Å². The van der Waals surface area contributed by atoms with Gasteiger partial charge in [0.1, 0.15) is 0 Å². The Bertz CT molecular complexity index is 649. The van der Waals surface area contributed by atoms with Gasteiger partial charge >= 0.3 is 18.0 Å². The normalized spacial score (nSPS) is 16.1. The summed E-state index contributed by atoms with van der Waals surface area (Å²) in [5.74, 6) is -2.40. The molecule has 1 fully saturated rings. The Kier molecular flexibility index (Phi) is 7.57. The van der Waals surface area contributed by atoms with Crippen molar-refractivity contribution in [2.24, 2.45) is 5.92 Å². The molecule has 1 saturated heterocycles. The first kappa shape index (κ1) is 20.7. The highest BCUT2D eigenvalue weighted by atomic mass is 19.1. The minimum absolute atomic E-state index is 0.0597. The second-order valence-electron chi connectivity index (χ2n) is 6.59. The number of nitrogens with zero attached hydrogens (tertiary/aromatic N) is 1. The van der Waals surface area contributed by atoms with Crippen molar-refractivity contribution in [2.75, 3.05) is 19.7 Å². The summed E-state index contributed by atoms with van der Waals surface area (Å²) in [5.41, 5.74) is 0.987. The number of carboxylic acid groups (broad SMARTS) is 1. The van der Waals surface area contributed by atoms with Crippen molar-refractivity contribution in [3.05, 3.63) is 35.9 Å². The molecule has 0 bridgehead atoms. The van der Waals surface area contributed by atoms with Gasteiger partial charge in [0.2, 0.25) is 6.17 Å². The smallest absolute Gasteiger partial charge is 0.341 e. The van der Waals surface area contributed by atoms with Gasteiger partial charge in [0.05, 0.1) is 6.61 Å². The van der Waals surface area contributed by atoms with Crippen LogP contribution in [0.3, 0.4) is 0 Å². The number of halogens is 1. The number of benzene rings is 1. The third-order valence-electron chi connectivity index (χ3n) is 4.48. The summed E-state index contributed by atoms with van der Waals surface area (Å²) < 4.78 is 18.6. The topological polar surface area (TPSA) is 95.9 Å². The van der Waals surface area contributed by atoms with Gasteiger partial charge in [-0.05, 0) is 25.3 Å². The molecule has 27 heavy (non-hydrogen) atoms. The number of amides is 2. The molecule has 1 aliphatic heterocycles. The monoisotopic (exact) mass is 380 g/mol. The quantitative estimate of drug-likeness (QED) is 0.639. The van der Waals surface area contributed by atoms with E-state index < -0.39 is 24.0 Å². The molecule has 1 aliphatic rings. The average Bonchev–Trinajstić information content (AvgIpc) is 2.59. The number of likely N-dealkylation sites (tertiary alicyclic amines) is 1. The van der Waals surface area contributed by atoms with Crippen LogP contribution < -0.4 is 5.32 Å². The van der Waals surface area contributed by atoms with Crippen LogP contribution in [0.2, 0.25) is 0 Å². The van der Waals surface area contributed by atoms with Crippen LogP contribution in [0.4, 0.5) is 9.18 Å². The van der Waals surface area contributed by atoms with Crippen molar-refractivity contribution in [1.29, 1.82) is 0 Å². The third-order valence-corrected chi connectivity index (χ3v) is 4.48. The number of aliphatic carboxylic acids is 1. The molecule has 0 spiro atoms. The molecule has 0 aromatic heterocycles. The maximum absolute atomic E-state index is 13.9. The first-order chi connectivity index (χ1) is 12.9. The van der Waals surface area contributed by atoms with E-state index in [-0.39, 0.29) is 38.2 Å². The Balaban J connectivity index is 1.86. The van der Waals surface area contributed by atoms with E-state index in [9.17, 15) is 18.8 Å². The van der Waals surface area contributed by atoms with Crippen molar-refractivity contribution < 1.29 is 28.6 Å². The highest BCUT2D eigenvalue weighted by Crippen LogP contribution is 2.23. The molecule has 7 nitrogen and oxygen atoms in total. The molecule has 2 N–H and O–H groups in total. The molecule has 0 saturated carbocycles. The third kappa shape index (κ3) is 6.23. The van der Waals surface area contributed by atoms with E-state index >= 15 is 0 Å². The van der Waals surface area contributed by atoms with E-state index in [2.05, 4.69) is 10.1 Å². The number of hydrogen-bond donors (Lipinski definition) is 2. The first-order valence-corrected chi connectivity index (χ1v) is 9.02. The predicted octanol–water partition coefficient (Wildman–Crippen LogP) is 2.01. The van der Waals surface area contributed by atoms with Crippen LogP contribution in [0, 0.1) is 5.92 Å². The number of ether oxygens (including phenoxy) is 1. The van der Waals surface area contributed by atoms with Crippen LogP contribution in [-0.4, -0.2) is 59.9 Å². The molecule has 2 amide bonds. The molecule has 1 aromatic rings. The zero-order valence-electron chi connectivity index (χ0n) is 15.3. The summed E-state index contributed by atoms with van der Waals surface area (Å²) in [7, 11) is 0. The van der Waals surface area contributed by atoms with Gasteiger partial charge in [0.15, 0.2) is 0 Å². The van der Waals surface area contributed by atoms with Crippen molar-refractivity contribution >= 4 is 18.0 Å². The summed E-state index contributed by atoms with van der Waals surface area (Å²) in [6, 6.07) is 8.73. The van der Waals surface area contributed by atoms with Gasteiger partial charge in [-0.25, -0.2) is 14.0 Å². The molecule has 1 heterocycles. The Morgan fingerprint density at radius 1 is 1.30 bits per heavy atom. The summed E-state index contributed by atoms with van der Waals surface area (Å²) in [4.78, 5) is 36.1. The highest BCUT2D eigenvalue weighted by Gasteiger charge is 2.41. The molecule has 2 unspecified atom stereocenters. The molecule has 0 aliphatic carbocycles. The number of alkyl halides is 1. The zero-order chi connectivity index (χ0) is 19.8. The molecule has 0 radical (unpaired) electrons. The van der Waals surface area contributed by atoms with E-state index in [1.165, 1.54) is 4.90 Å². The van der Waals surface area contributed by atoms with Gasteiger partial charge < -0.3 is 20.1 Å². The molecule has 2 atom stereocenters. The molecule has 148 valence electrons. The minimum Gasteiger partial charge on any atom is -0.481 e. The fourth-order valence-corrected chi connectivity index (χ4v) is 2.97. The van der Waals surface area contributed by atoms with E-state index in [1.807, 2.05) is 30.3 Å². The van der Waals surface area contributed by atoms with E-state index in [0.717, 1.165) is 5.56 Å². The standard InChI is InChI=1S/C19H25FN2O5/c1-2-27-18(25)17(20)14-11-22(12-14)19(26)21-15(8-9-16(23)24)10-13-6-4-3-5-7-13/h3-7,14-15,17H,2,8-12H2,1H3,(H,21,26)(H,23,24). The van der Waals surface area contributed by atoms with E-state index in [4.69, 9.17) is 5.11 Å². The van der Waals surface area contributed by atoms with Gasteiger partial charge in [-0.2, -0.15) is 0 Å². The molecule has 8 heteroatoms. The highest BCUT2D eigenvalue weighted by molar-refractivity contribution is 5.78. The Morgan fingerprint density at radius 2 is 1.96 bits per heavy atom. The zero-order valence-corrected chi connectivity index (χ0v) is 15.3. The number of urea groups is 1. The molecular formula is C19H25FN2O5. The predicted molar refractivity (Wildman–Crippen MR) is 95.9 cm³/mol. The van der Waals surface area contributed by atoms with Gasteiger partial charge in [-0.1, -0.05) is 30.3 Å². The summed E-state index contributed by atoms with van der Waals surface area (Å²) >= 11 is 0. The largest absolute Gasteiger partial charge is 0.481 e. The lowest BCUT2D eigenvalue weighted by atomic mass is 9.95. The second-order valence-corrected chi connectivity index (χ2v) is 6.59. The SMILES string of the molecule is CCOC(=O)C(F)C1CN(C(=O)NC(CCC(=O)O)Cc2ccccc2)C1. The Morgan fingerprint density at radius 3 is 2.56 bits per heavy atom. The second kappa shape index (κ2) is 9.89. The maximum atomic E-state index is 13.9. The van der Waals surface area contributed by atoms with Crippen molar-refractivity contribution in [3.8, 4) is 0 Å². The van der Waals surface area contributed by atoms with E-state index in [1.54, 1.807) is 6.92 Å². The van der Waals surface area contributed by atoms with E-state index in [0.29, 0.717) is 12.8 Å². The van der Waals surface area contributed by atoms with Crippen LogP contribution in [0.25, 0.3) is 0 Å². The van der Waals surface area contributed by atoms with Crippen molar-refractivity contribution in [2.45, 2.75) is 38.4 Å². The number of carboxylic acids is 1. The fourth-order valence-electron chi connectivity index (χ4n) is 2.97. The first-order valence-electron chi connectivity index (χ1n) is 9.02. The average molecular weight is 380 g/mol. The summed E-state index contributed by atoms with van der Waals surface area (Å²) in [6.45, 7) is 1.97. The van der Waals surface area contributed by atoms with Crippen LogP contribution in [-0.2, 0) is 20.7 Å². The summed E-state index contributed by atoms with van der Waals surface area (Å²) in [6.07, 6.45) is -0.996. The van der Waals surface area contributed by atoms with Gasteiger partial charge in [-0.15, -0.1) is 0 Å². The lowest BCUT2D eigenvalue weighted by Crippen LogP contribution is -2.59. The van der Waals surface area contributed by atoms with Gasteiger partial charge in [0.25, 0.3) is 0 Å². The maximum Gasteiger partial charge on any atom is 0.341 e. The number of carbonyl (C=O) groups excluding carboxylic acids is 2. The van der Waals surface area contributed by atoms with Crippen molar-refractivity contribution in [3.63, 3.8) is 0 Å². The molecule has 2 rings (SSSR count). The Labute approximate surface area is 157 Å². The fraction of sp³-hybridized carbons (Fsp3) is 0.526. The van der Waals surface area contributed by atoms with Gasteiger partial charge in [-0.3, -0.25) is 4.79 Å². The lowest BCUT2D eigenvalue weighted by molar-refractivity contribution is -0.153. The Hall–Kier alpha value is -2.64. The van der Waals surface area contributed by atoms with Crippen molar-refractivity contribution in [1.82, 2.24) is 10.2 Å². The summed E-state index contributed by atoms with van der Waals surface area (Å²) in [5, 5.41) is 11.7. The van der Waals surface area contributed by atoms with Gasteiger partial charge in [0, 0.05) is 31.5 Å². The molecule has 1 aromatic carbocycles. The lowest BCUT2D eigenvalue weighted by Gasteiger charge is -2.40. The number of rotatable bonds is 9. The number of nitrogens with one attached hydrogen (secondary N) is 1. The number of carbonyl (C=O) groups is 3. The van der Waals surface area contributed by atoms with Crippen LogP contribution in [0.5, 0.6) is 0 Å². The molecular weight excluding hydrogens is 355 g/mol. The van der Waals surface area contributed by atoms with Crippen LogP contribution >= 0.6 is 0 Å². The number of esters is 1.